The van der Waals surface area contributed by atoms with E-state index in [4.69, 9.17) is 4.74 Å². The second-order valence-electron chi connectivity index (χ2n) is 4.81. The highest BCUT2D eigenvalue weighted by Crippen LogP contribution is 2.31. The number of hydrogen-bond donors (Lipinski definition) is 1. The number of ether oxygens (including phenoxy) is 1. The van der Waals surface area contributed by atoms with Crippen molar-refractivity contribution >= 4 is 31.9 Å². The minimum Gasteiger partial charge on any atom is -0.494 e. The number of halogens is 2. The molecule has 0 radical (unpaired) electrons. The third kappa shape index (κ3) is 4.31. The van der Waals surface area contributed by atoms with E-state index in [0.29, 0.717) is 0 Å². The first-order valence-electron chi connectivity index (χ1n) is 7.00. The Hall–Kier alpha value is -0.840. The smallest absolute Gasteiger partial charge is 0.119 e. The van der Waals surface area contributed by atoms with Crippen molar-refractivity contribution in [2.45, 2.75) is 19.4 Å². The van der Waals surface area contributed by atoms with Crippen LogP contribution < -0.4 is 10.1 Å². The topological polar surface area (TPSA) is 21.3 Å². The zero-order valence-corrected chi connectivity index (χ0v) is 15.4. The van der Waals surface area contributed by atoms with Crippen molar-refractivity contribution in [1.82, 2.24) is 5.32 Å². The normalized spacial score (nSPS) is 12.2. The average Bonchev–Trinajstić information content (AvgIpc) is 2.50. The molecule has 0 saturated carbocycles. The van der Waals surface area contributed by atoms with Crippen LogP contribution in [0.1, 0.15) is 30.5 Å². The summed E-state index contributed by atoms with van der Waals surface area (Å²) in [7, 11) is 1.97. The lowest BCUT2D eigenvalue weighted by molar-refractivity contribution is 0.317. The lowest BCUT2D eigenvalue weighted by Crippen LogP contribution is -2.18. The van der Waals surface area contributed by atoms with Gasteiger partial charge in [0.1, 0.15) is 5.75 Å². The molecule has 1 N–H and O–H groups in total. The fourth-order valence-electron chi connectivity index (χ4n) is 2.21. The molecule has 21 heavy (non-hydrogen) atoms. The van der Waals surface area contributed by atoms with Gasteiger partial charge in [0, 0.05) is 8.95 Å². The molecule has 2 aromatic carbocycles. The summed E-state index contributed by atoms with van der Waals surface area (Å²) < 4.78 is 7.80. The Morgan fingerprint density at radius 3 is 2.43 bits per heavy atom. The van der Waals surface area contributed by atoms with Gasteiger partial charge >= 0.3 is 0 Å². The van der Waals surface area contributed by atoms with Crippen molar-refractivity contribution in [3.8, 4) is 5.75 Å². The van der Waals surface area contributed by atoms with Crippen LogP contribution in [0.4, 0.5) is 0 Å². The number of benzene rings is 2. The van der Waals surface area contributed by atoms with Gasteiger partial charge in [-0.05, 0) is 54.9 Å². The summed E-state index contributed by atoms with van der Waals surface area (Å²) in [5.41, 5.74) is 2.41. The Labute approximate surface area is 143 Å². The third-order valence-corrected chi connectivity index (χ3v) is 4.46. The summed E-state index contributed by atoms with van der Waals surface area (Å²) in [4.78, 5) is 0. The van der Waals surface area contributed by atoms with E-state index in [2.05, 4.69) is 68.4 Å². The fraction of sp³-hybridized carbons (Fsp3) is 0.294. The number of rotatable bonds is 6. The Morgan fingerprint density at radius 2 is 1.81 bits per heavy atom. The summed E-state index contributed by atoms with van der Waals surface area (Å²) in [6.45, 7) is 2.86. The highest BCUT2D eigenvalue weighted by atomic mass is 79.9. The van der Waals surface area contributed by atoms with Crippen LogP contribution in [0.2, 0.25) is 0 Å². The van der Waals surface area contributed by atoms with Crippen molar-refractivity contribution in [2.24, 2.45) is 0 Å². The molecule has 1 atom stereocenters. The molecule has 2 aromatic rings. The van der Waals surface area contributed by atoms with E-state index in [1.54, 1.807) is 0 Å². The van der Waals surface area contributed by atoms with Crippen LogP contribution >= 0.6 is 31.9 Å². The van der Waals surface area contributed by atoms with Crippen LogP contribution in [0, 0.1) is 0 Å². The van der Waals surface area contributed by atoms with Gasteiger partial charge in [-0.1, -0.05) is 50.9 Å². The highest BCUT2D eigenvalue weighted by molar-refractivity contribution is 9.11. The summed E-state index contributed by atoms with van der Waals surface area (Å²) in [5, 5.41) is 3.37. The standard InChI is InChI=1S/C17H19Br2NO/c1-3-10-21-14-7-4-12(5-8-14)17(20-2)15-11-13(18)6-9-16(15)19/h4-9,11,17,20H,3,10H2,1-2H3. The van der Waals surface area contributed by atoms with Crippen molar-refractivity contribution in [3.05, 3.63) is 62.5 Å². The van der Waals surface area contributed by atoms with Crippen LogP contribution in [-0.4, -0.2) is 13.7 Å². The molecule has 2 nitrogen and oxygen atoms in total. The first-order chi connectivity index (χ1) is 10.2. The Kier molecular flexibility index (Phi) is 6.27. The van der Waals surface area contributed by atoms with E-state index in [0.717, 1.165) is 27.7 Å². The Bertz CT molecular complexity index is 584. The van der Waals surface area contributed by atoms with Crippen molar-refractivity contribution in [2.75, 3.05) is 13.7 Å². The lowest BCUT2D eigenvalue weighted by Gasteiger charge is -2.19. The van der Waals surface area contributed by atoms with Crippen LogP contribution in [0.25, 0.3) is 0 Å². The van der Waals surface area contributed by atoms with E-state index >= 15 is 0 Å². The molecule has 1 unspecified atom stereocenters. The van der Waals surface area contributed by atoms with Crippen molar-refractivity contribution in [3.63, 3.8) is 0 Å². The van der Waals surface area contributed by atoms with Gasteiger partial charge in [0.25, 0.3) is 0 Å². The van der Waals surface area contributed by atoms with E-state index in [1.807, 2.05) is 25.2 Å². The molecule has 0 bridgehead atoms. The first-order valence-corrected chi connectivity index (χ1v) is 8.59. The maximum Gasteiger partial charge on any atom is 0.119 e. The van der Waals surface area contributed by atoms with Crippen LogP contribution in [0.3, 0.4) is 0 Å². The van der Waals surface area contributed by atoms with Crippen LogP contribution in [0.5, 0.6) is 5.75 Å². The maximum absolute atomic E-state index is 5.63. The zero-order valence-electron chi connectivity index (χ0n) is 12.2. The molecule has 0 heterocycles. The average molecular weight is 413 g/mol. The Morgan fingerprint density at radius 1 is 1.10 bits per heavy atom. The van der Waals surface area contributed by atoms with Gasteiger partial charge in [0.15, 0.2) is 0 Å². The van der Waals surface area contributed by atoms with Gasteiger partial charge in [0.05, 0.1) is 12.6 Å². The monoisotopic (exact) mass is 411 g/mol. The SMILES string of the molecule is CCCOc1ccc(C(NC)c2cc(Br)ccc2Br)cc1. The number of nitrogens with one attached hydrogen (secondary N) is 1. The second-order valence-corrected chi connectivity index (χ2v) is 6.58. The zero-order chi connectivity index (χ0) is 15.2. The first kappa shape index (κ1) is 16.5. The minimum absolute atomic E-state index is 0.136. The van der Waals surface area contributed by atoms with E-state index in [1.165, 1.54) is 11.1 Å². The minimum atomic E-state index is 0.136. The van der Waals surface area contributed by atoms with Gasteiger partial charge in [-0.15, -0.1) is 0 Å². The second kappa shape index (κ2) is 7.97. The molecular formula is C17H19Br2NO. The summed E-state index contributed by atoms with van der Waals surface area (Å²) in [5.74, 6) is 0.920. The van der Waals surface area contributed by atoms with Gasteiger partial charge < -0.3 is 10.1 Å². The lowest BCUT2D eigenvalue weighted by atomic mass is 9.99. The molecule has 0 fully saturated rings. The molecule has 0 aliphatic heterocycles. The van der Waals surface area contributed by atoms with Gasteiger partial charge in [0.2, 0.25) is 0 Å². The molecule has 112 valence electrons. The van der Waals surface area contributed by atoms with Gasteiger partial charge in [-0.2, -0.15) is 0 Å². The van der Waals surface area contributed by atoms with Gasteiger partial charge in [-0.3, -0.25) is 0 Å². The maximum atomic E-state index is 5.63. The van der Waals surface area contributed by atoms with E-state index in [-0.39, 0.29) is 6.04 Å². The summed E-state index contributed by atoms with van der Waals surface area (Å²) in [6, 6.07) is 14.6. The highest BCUT2D eigenvalue weighted by Gasteiger charge is 2.15. The summed E-state index contributed by atoms with van der Waals surface area (Å²) >= 11 is 7.17. The van der Waals surface area contributed by atoms with Crippen molar-refractivity contribution in [1.29, 1.82) is 0 Å². The quantitative estimate of drug-likeness (QED) is 0.694. The predicted molar refractivity (Wildman–Crippen MR) is 95.0 cm³/mol. The molecule has 0 amide bonds. The molecular weight excluding hydrogens is 394 g/mol. The Balaban J connectivity index is 2.26. The van der Waals surface area contributed by atoms with Crippen LogP contribution in [-0.2, 0) is 0 Å². The summed E-state index contributed by atoms with van der Waals surface area (Å²) in [6.07, 6.45) is 1.02. The molecule has 0 aromatic heterocycles. The largest absolute Gasteiger partial charge is 0.494 e. The molecule has 0 aliphatic carbocycles. The molecule has 4 heteroatoms. The number of hydrogen-bond acceptors (Lipinski definition) is 2. The third-order valence-electron chi connectivity index (χ3n) is 3.24. The van der Waals surface area contributed by atoms with Crippen LogP contribution in [0.15, 0.2) is 51.4 Å². The molecule has 0 spiro atoms. The molecule has 0 aliphatic rings. The van der Waals surface area contributed by atoms with Crippen molar-refractivity contribution < 1.29 is 4.74 Å². The molecule has 0 saturated heterocycles. The molecule has 2 rings (SSSR count). The van der Waals surface area contributed by atoms with Gasteiger partial charge in [-0.25, -0.2) is 0 Å². The van der Waals surface area contributed by atoms with E-state index in [9.17, 15) is 0 Å². The predicted octanol–water partition coefficient (Wildman–Crippen LogP) is 5.31. The fourth-order valence-corrected chi connectivity index (χ4v) is 3.07. The van der Waals surface area contributed by atoms with E-state index < -0.39 is 0 Å².